The van der Waals surface area contributed by atoms with E-state index in [4.69, 9.17) is 37.8 Å². The molecular weight excluding hydrogens is 775 g/mol. The monoisotopic (exact) mass is 818 g/mol. The number of aromatic carboxylic acids is 1. The molecule has 0 unspecified atom stereocenters. The van der Waals surface area contributed by atoms with Gasteiger partial charge in [0.2, 0.25) is 0 Å². The molecule has 0 aliphatic carbocycles. The number of halogens is 2. The largest absolute Gasteiger partial charge is 0.495 e. The Bertz CT molecular complexity index is 2760. The molecule has 13 heteroatoms. The lowest BCUT2D eigenvalue weighted by molar-refractivity contribution is 0.0686. The number of hydrogen-bond acceptors (Lipinski definition) is 6. The molecule has 4 aromatic heterocycles. The van der Waals surface area contributed by atoms with Gasteiger partial charge < -0.3 is 28.6 Å². The number of nitrogens with zero attached hydrogens (tertiary/aromatic N) is 6. The zero-order chi connectivity index (χ0) is 41.2. The second-order valence-electron chi connectivity index (χ2n) is 15.1. The first-order valence-corrected chi connectivity index (χ1v) is 20.0. The Balaban J connectivity index is 1.27. The number of ether oxygens (including phenoxy) is 2. The fraction of sp³-hybridized carbons (Fsp3) is 0.289. The molecule has 1 aliphatic heterocycles. The average molecular weight is 820 g/mol. The highest BCUT2D eigenvalue weighted by Crippen LogP contribution is 2.46. The smallest absolute Gasteiger partial charge is 0.352 e. The van der Waals surface area contributed by atoms with Gasteiger partial charge in [-0.2, -0.15) is 5.10 Å². The Hall–Kier alpha value is -5.78. The van der Waals surface area contributed by atoms with Crippen molar-refractivity contribution in [2.24, 2.45) is 7.05 Å². The van der Waals surface area contributed by atoms with Crippen molar-refractivity contribution in [1.29, 1.82) is 0 Å². The number of carbonyl (C=O) groups excluding carboxylic acids is 1. The van der Waals surface area contributed by atoms with E-state index in [1.165, 1.54) is 0 Å². The van der Waals surface area contributed by atoms with E-state index in [0.717, 1.165) is 60.9 Å². The summed E-state index contributed by atoms with van der Waals surface area (Å²) in [4.78, 5) is 34.4. The maximum Gasteiger partial charge on any atom is 0.352 e. The van der Waals surface area contributed by atoms with E-state index in [-0.39, 0.29) is 24.2 Å². The van der Waals surface area contributed by atoms with Crippen molar-refractivity contribution in [3.8, 4) is 22.6 Å². The van der Waals surface area contributed by atoms with Crippen LogP contribution in [0.2, 0.25) is 10.0 Å². The number of anilines is 1. The van der Waals surface area contributed by atoms with Crippen LogP contribution >= 0.6 is 23.2 Å². The predicted molar refractivity (Wildman–Crippen MR) is 229 cm³/mol. The predicted octanol–water partition coefficient (Wildman–Crippen LogP) is 9.92. The number of aromatic nitrogens is 5. The van der Waals surface area contributed by atoms with E-state index in [9.17, 15) is 9.90 Å². The standard InChI is InChI=1S/C45H44Cl2N6O5/c1-24-18-32(19-25(2)40(24)47)58-17-9-11-33-34-15-16-35(46)39(38-27(4)49-50(6)28(38)5)42(34)53-26(3)22-52(44(54)43(33)53)36-12-8-10-29-20-37(45(55)56)51(41(29)36)23-30-13-14-31(57-7)21-48-30/h8,10,12-16,18-21,26H,9,11,17,22-23H2,1-7H3,(H,55,56)/t26-/m1/s1. The van der Waals surface area contributed by atoms with Gasteiger partial charge in [0, 0.05) is 52.3 Å². The van der Waals surface area contributed by atoms with Crippen molar-refractivity contribution < 1.29 is 24.2 Å². The van der Waals surface area contributed by atoms with E-state index in [0.29, 0.717) is 64.7 Å². The number of amides is 1. The van der Waals surface area contributed by atoms with Crippen molar-refractivity contribution in [2.45, 2.75) is 60.0 Å². The number of carbonyl (C=O) groups is 2. The molecule has 1 N–H and O–H groups in total. The number of pyridine rings is 1. The molecule has 0 saturated heterocycles. The first-order valence-electron chi connectivity index (χ1n) is 19.2. The van der Waals surface area contributed by atoms with Gasteiger partial charge in [0.1, 0.15) is 22.9 Å². The van der Waals surface area contributed by atoms with Gasteiger partial charge in [-0.25, -0.2) is 4.79 Å². The first kappa shape index (κ1) is 39.1. The average Bonchev–Trinajstić information content (AvgIpc) is 3.82. The Kier molecular flexibility index (Phi) is 10.2. The molecule has 0 fully saturated rings. The summed E-state index contributed by atoms with van der Waals surface area (Å²) in [5.41, 5.74) is 9.86. The quantitative estimate of drug-likeness (QED) is 0.129. The van der Waals surface area contributed by atoms with Crippen LogP contribution in [0.1, 0.15) is 74.1 Å². The maximum absolute atomic E-state index is 15.4. The van der Waals surface area contributed by atoms with Crippen LogP contribution in [-0.2, 0) is 20.0 Å². The SMILES string of the molecule is COc1ccc(Cn2c(C(=O)O)cc3cccc(N4C[C@@H](C)n5c(c(CCCOc6cc(C)c(Cl)c(C)c6)c6ccc(Cl)c(-c7c(C)nn(C)c7C)c65)C4=O)c32)nc1. The number of methoxy groups -OCH3 is 1. The Morgan fingerprint density at radius 2 is 1.72 bits per heavy atom. The van der Waals surface area contributed by atoms with Crippen molar-refractivity contribution >= 4 is 62.6 Å². The zero-order valence-electron chi connectivity index (χ0n) is 33.5. The molecule has 5 heterocycles. The van der Waals surface area contributed by atoms with Crippen molar-refractivity contribution in [3.63, 3.8) is 0 Å². The lowest BCUT2D eigenvalue weighted by Gasteiger charge is -2.35. The minimum absolute atomic E-state index is 0.0972. The Morgan fingerprint density at radius 1 is 0.966 bits per heavy atom. The third-order valence-corrected chi connectivity index (χ3v) is 12.2. The summed E-state index contributed by atoms with van der Waals surface area (Å²) in [6.45, 7) is 11.0. The number of rotatable bonds is 11. The lowest BCUT2D eigenvalue weighted by Crippen LogP contribution is -2.43. The Morgan fingerprint density at radius 3 is 2.38 bits per heavy atom. The van der Waals surface area contributed by atoms with Gasteiger partial charge in [0.05, 0.1) is 59.6 Å². The fourth-order valence-corrected chi connectivity index (χ4v) is 8.94. The molecule has 298 valence electrons. The van der Waals surface area contributed by atoms with Gasteiger partial charge in [0.15, 0.2) is 0 Å². The highest BCUT2D eigenvalue weighted by molar-refractivity contribution is 6.35. The summed E-state index contributed by atoms with van der Waals surface area (Å²) in [6, 6.07) is 18.5. The molecule has 3 aromatic carbocycles. The number of hydrogen-bond donors (Lipinski definition) is 1. The topological polar surface area (TPSA) is 117 Å². The molecule has 1 atom stereocenters. The third kappa shape index (κ3) is 6.56. The molecule has 7 aromatic rings. The molecule has 0 spiro atoms. The van der Waals surface area contributed by atoms with E-state index in [2.05, 4.69) is 16.5 Å². The minimum atomic E-state index is -1.08. The van der Waals surface area contributed by atoms with Crippen molar-refractivity contribution in [2.75, 3.05) is 25.2 Å². The van der Waals surface area contributed by atoms with Gasteiger partial charge in [-0.15, -0.1) is 0 Å². The van der Waals surface area contributed by atoms with Crippen molar-refractivity contribution in [1.82, 2.24) is 23.9 Å². The van der Waals surface area contributed by atoms with Crippen molar-refractivity contribution in [3.05, 3.63) is 122 Å². The van der Waals surface area contributed by atoms with Crippen LogP contribution < -0.4 is 14.4 Å². The summed E-state index contributed by atoms with van der Waals surface area (Å²) in [6.07, 6.45) is 2.79. The summed E-state index contributed by atoms with van der Waals surface area (Å²) in [7, 11) is 3.49. The minimum Gasteiger partial charge on any atom is -0.495 e. The second kappa shape index (κ2) is 15.2. The lowest BCUT2D eigenvalue weighted by atomic mass is 9.98. The molecule has 58 heavy (non-hydrogen) atoms. The fourth-order valence-electron chi connectivity index (χ4n) is 8.59. The van der Waals surface area contributed by atoms with E-state index >= 15 is 4.79 Å². The normalized spacial score (nSPS) is 14.1. The molecular formula is C45H44Cl2N6O5. The van der Waals surface area contributed by atoms with Crippen LogP contribution in [0, 0.1) is 27.7 Å². The highest BCUT2D eigenvalue weighted by Gasteiger charge is 2.38. The Labute approximate surface area is 346 Å². The molecule has 0 bridgehead atoms. The molecule has 11 nitrogen and oxygen atoms in total. The number of carboxylic acids is 1. The van der Waals surface area contributed by atoms with E-state index < -0.39 is 5.97 Å². The van der Waals surface area contributed by atoms with E-state index in [1.807, 2.05) is 88.0 Å². The number of carboxylic acid groups (broad SMARTS) is 1. The van der Waals surface area contributed by atoms with Gasteiger partial charge in [-0.3, -0.25) is 14.5 Å². The second-order valence-corrected chi connectivity index (χ2v) is 15.9. The molecule has 0 saturated carbocycles. The molecule has 1 amide bonds. The van der Waals surface area contributed by atoms with E-state index in [1.54, 1.807) is 34.9 Å². The van der Waals surface area contributed by atoms with Crippen LogP contribution in [0.25, 0.3) is 32.9 Å². The summed E-state index contributed by atoms with van der Waals surface area (Å²) < 4.78 is 17.3. The first-order chi connectivity index (χ1) is 27.8. The van der Waals surface area contributed by atoms with Crippen LogP contribution in [0.5, 0.6) is 11.5 Å². The zero-order valence-corrected chi connectivity index (χ0v) is 35.0. The number of aryl methyl sites for hydroxylation is 5. The van der Waals surface area contributed by atoms with Crippen LogP contribution in [0.4, 0.5) is 5.69 Å². The third-order valence-electron chi connectivity index (χ3n) is 11.3. The molecule has 1 aliphatic rings. The molecule has 0 radical (unpaired) electrons. The summed E-state index contributed by atoms with van der Waals surface area (Å²) in [5.74, 6) is 0.0835. The van der Waals surface area contributed by atoms with Crippen LogP contribution in [0.15, 0.2) is 66.9 Å². The van der Waals surface area contributed by atoms with Gasteiger partial charge in [-0.05, 0) is 107 Å². The maximum atomic E-state index is 15.4. The number of fused-ring (bicyclic) bond motifs is 4. The van der Waals surface area contributed by atoms with Gasteiger partial charge >= 0.3 is 5.97 Å². The molecule has 8 rings (SSSR count). The summed E-state index contributed by atoms with van der Waals surface area (Å²) >= 11 is 13.6. The van der Waals surface area contributed by atoms with Crippen LogP contribution in [-0.4, -0.2) is 61.1 Å². The van der Waals surface area contributed by atoms with Gasteiger partial charge in [-0.1, -0.05) is 41.4 Å². The number of para-hydroxylation sites is 1. The van der Waals surface area contributed by atoms with Gasteiger partial charge in [0.25, 0.3) is 5.91 Å². The number of benzene rings is 3. The van der Waals surface area contributed by atoms with Crippen LogP contribution in [0.3, 0.4) is 0 Å². The summed E-state index contributed by atoms with van der Waals surface area (Å²) in [5, 5.41) is 18.1. The highest BCUT2D eigenvalue weighted by atomic mass is 35.5.